The molecule has 3 aliphatic rings. The Balaban J connectivity index is 1.33. The average Bonchev–Trinajstić information content (AvgIpc) is 2.90. The molecule has 160 valence electrons. The molecule has 11 nitrogen and oxygen atoms in total. The SMILES string of the molecule is CC1C=CC(=O)N1CCCCCC(=O)NN=C1CC2(C1)C(=O)O[PH](N)(N)OC2=O. The van der Waals surface area contributed by atoms with Crippen LogP contribution in [0.4, 0.5) is 0 Å². The van der Waals surface area contributed by atoms with E-state index < -0.39 is 25.4 Å². The molecule has 5 N–H and O–H groups in total. The van der Waals surface area contributed by atoms with Gasteiger partial charge in [-0.2, -0.15) is 0 Å². The summed E-state index contributed by atoms with van der Waals surface area (Å²) in [7, 11) is -3.72. The monoisotopic (exact) mass is 427 g/mol. The van der Waals surface area contributed by atoms with Crippen molar-refractivity contribution in [3.63, 3.8) is 0 Å². The predicted octanol–water partition coefficient (Wildman–Crippen LogP) is 0.0134. The van der Waals surface area contributed by atoms with Crippen LogP contribution in [0.15, 0.2) is 17.3 Å². The number of carbonyl (C=O) groups is 4. The predicted molar refractivity (Wildman–Crippen MR) is 105 cm³/mol. The van der Waals surface area contributed by atoms with Crippen molar-refractivity contribution in [2.75, 3.05) is 6.54 Å². The minimum atomic E-state index is -3.72. The summed E-state index contributed by atoms with van der Waals surface area (Å²) in [5, 5.41) is 3.96. The molecule has 2 amide bonds. The average molecular weight is 427 g/mol. The number of carbonyl (C=O) groups excluding carboxylic acids is 4. The summed E-state index contributed by atoms with van der Waals surface area (Å²) in [6.07, 6.45) is 6.06. The molecular weight excluding hydrogens is 401 g/mol. The summed E-state index contributed by atoms with van der Waals surface area (Å²) in [4.78, 5) is 49.4. The van der Waals surface area contributed by atoms with Crippen LogP contribution in [0.3, 0.4) is 0 Å². The second-order valence-corrected chi connectivity index (χ2v) is 9.44. The fourth-order valence-electron chi connectivity index (χ4n) is 3.48. The first-order valence-electron chi connectivity index (χ1n) is 9.51. The second-order valence-electron chi connectivity index (χ2n) is 7.59. The van der Waals surface area contributed by atoms with Gasteiger partial charge in [0.15, 0.2) is 0 Å². The van der Waals surface area contributed by atoms with Crippen LogP contribution in [0.2, 0.25) is 0 Å². The summed E-state index contributed by atoms with van der Waals surface area (Å²) in [6, 6.07) is 0.125. The number of unbranched alkanes of at least 4 members (excludes halogenated alkanes) is 2. The third-order valence-electron chi connectivity index (χ3n) is 5.23. The van der Waals surface area contributed by atoms with E-state index in [1.807, 2.05) is 13.0 Å². The van der Waals surface area contributed by atoms with Gasteiger partial charge in [-0.25, -0.2) is 0 Å². The number of nitrogens with one attached hydrogen (secondary N) is 1. The first kappa shape index (κ1) is 21.4. The van der Waals surface area contributed by atoms with Gasteiger partial charge in [-0.1, -0.05) is 6.08 Å². The minimum absolute atomic E-state index is 0.00547. The number of hydrazone groups is 1. The standard InChI is InChI=1S/C17H26N5O6P/c1-11-6-7-14(24)22(11)8-4-2-3-5-13(23)21-20-12-9-17(10-12)15(25)27-29(18,19)28-16(17)26/h6-7,11,29H,2-5,8-10,18-19H2,1H3,(H,21,23). The fraction of sp³-hybridized carbons (Fsp3) is 0.588. The summed E-state index contributed by atoms with van der Waals surface area (Å²) in [6.45, 7) is 2.64. The van der Waals surface area contributed by atoms with Crippen molar-refractivity contribution in [3.8, 4) is 0 Å². The molecule has 0 aromatic heterocycles. The molecule has 0 aromatic rings. The topological polar surface area (TPSA) is 166 Å². The van der Waals surface area contributed by atoms with Crippen LogP contribution >= 0.6 is 8.02 Å². The molecular formula is C17H26N5O6P. The normalized spacial score (nSPS) is 28.7. The van der Waals surface area contributed by atoms with Gasteiger partial charge < -0.3 is 4.90 Å². The molecule has 1 unspecified atom stereocenters. The molecule has 1 spiro atoms. The molecule has 0 radical (unpaired) electrons. The summed E-state index contributed by atoms with van der Waals surface area (Å²) in [5.74, 6) is -1.82. The molecule has 29 heavy (non-hydrogen) atoms. The van der Waals surface area contributed by atoms with Crippen LogP contribution < -0.4 is 16.4 Å². The van der Waals surface area contributed by atoms with Gasteiger partial charge in [-0.05, 0) is 6.92 Å². The second kappa shape index (κ2) is 8.17. The van der Waals surface area contributed by atoms with Crippen molar-refractivity contribution in [2.24, 2.45) is 21.5 Å². The Morgan fingerprint density at radius 1 is 1.24 bits per heavy atom. The van der Waals surface area contributed by atoms with Gasteiger partial charge in [0.05, 0.1) is 0 Å². The van der Waals surface area contributed by atoms with E-state index in [0.717, 1.165) is 12.8 Å². The Hall–Kier alpha value is -2.36. The summed E-state index contributed by atoms with van der Waals surface area (Å²) >= 11 is 0. The van der Waals surface area contributed by atoms with E-state index in [1.165, 1.54) is 0 Å². The van der Waals surface area contributed by atoms with Crippen molar-refractivity contribution in [1.29, 1.82) is 0 Å². The van der Waals surface area contributed by atoms with Gasteiger partial charge in [-0.15, -0.1) is 0 Å². The summed E-state index contributed by atoms with van der Waals surface area (Å²) < 4.78 is 9.69. The third-order valence-corrected chi connectivity index (χ3v) is 6.24. The zero-order valence-electron chi connectivity index (χ0n) is 16.2. The molecule has 1 saturated heterocycles. The van der Waals surface area contributed by atoms with Crippen LogP contribution in [-0.2, 0) is 28.2 Å². The van der Waals surface area contributed by atoms with E-state index in [4.69, 9.17) is 20.1 Å². The molecule has 3 rings (SSSR count). The van der Waals surface area contributed by atoms with Crippen molar-refractivity contribution in [2.45, 2.75) is 51.5 Å². The van der Waals surface area contributed by atoms with Crippen LogP contribution in [-0.4, -0.2) is 47.0 Å². The molecule has 2 fully saturated rings. The van der Waals surface area contributed by atoms with Crippen molar-refractivity contribution < 1.29 is 28.2 Å². The molecule has 12 heteroatoms. The number of hydrogen-bond donors (Lipinski definition) is 3. The number of hydrogen-bond acceptors (Lipinski definition) is 9. The number of amides is 2. The van der Waals surface area contributed by atoms with Crippen LogP contribution in [0.25, 0.3) is 0 Å². The number of nitrogens with zero attached hydrogens (tertiary/aromatic N) is 2. The Labute approximate surface area is 168 Å². The van der Waals surface area contributed by atoms with Crippen molar-refractivity contribution in [3.05, 3.63) is 12.2 Å². The Morgan fingerprint density at radius 2 is 1.90 bits per heavy atom. The number of rotatable bonds is 7. The van der Waals surface area contributed by atoms with Gasteiger partial charge >= 0.3 is 120 Å². The number of nitrogens with two attached hydrogens (primary N) is 2. The molecule has 2 heterocycles. The molecule has 0 bridgehead atoms. The Bertz CT molecular complexity index is 765. The zero-order valence-corrected chi connectivity index (χ0v) is 17.2. The molecule has 1 atom stereocenters. The zero-order chi connectivity index (χ0) is 21.2. The van der Waals surface area contributed by atoms with Crippen LogP contribution in [0.1, 0.15) is 45.4 Å². The molecule has 1 saturated carbocycles. The van der Waals surface area contributed by atoms with Crippen LogP contribution in [0.5, 0.6) is 0 Å². The van der Waals surface area contributed by atoms with Gasteiger partial charge in [0.1, 0.15) is 0 Å². The van der Waals surface area contributed by atoms with E-state index in [1.54, 1.807) is 11.0 Å². The Morgan fingerprint density at radius 3 is 2.48 bits per heavy atom. The van der Waals surface area contributed by atoms with E-state index in [0.29, 0.717) is 25.1 Å². The van der Waals surface area contributed by atoms with E-state index >= 15 is 0 Å². The van der Waals surface area contributed by atoms with Crippen molar-refractivity contribution >= 4 is 37.5 Å². The van der Waals surface area contributed by atoms with Gasteiger partial charge in [0.25, 0.3) is 0 Å². The van der Waals surface area contributed by atoms with Gasteiger partial charge in [0, 0.05) is 18.7 Å². The van der Waals surface area contributed by atoms with Gasteiger partial charge in [0.2, 0.25) is 5.91 Å². The maximum atomic E-state index is 12.0. The van der Waals surface area contributed by atoms with E-state index in [9.17, 15) is 19.2 Å². The van der Waals surface area contributed by atoms with E-state index in [2.05, 4.69) is 10.5 Å². The molecule has 2 aliphatic heterocycles. The molecule has 1 aliphatic carbocycles. The van der Waals surface area contributed by atoms with Gasteiger partial charge in [-0.3, -0.25) is 4.79 Å². The third kappa shape index (κ3) is 4.63. The summed E-state index contributed by atoms with van der Waals surface area (Å²) in [5.41, 5.74) is 12.3. The van der Waals surface area contributed by atoms with Crippen molar-refractivity contribution in [1.82, 2.24) is 10.3 Å². The maximum absolute atomic E-state index is 12.0. The van der Waals surface area contributed by atoms with E-state index in [-0.39, 0.29) is 30.7 Å². The molecule has 0 aromatic carbocycles. The Kier molecular flexibility index (Phi) is 6.02. The quantitative estimate of drug-likeness (QED) is 0.221. The first-order valence-corrected chi connectivity index (χ1v) is 11.5. The fourth-order valence-corrected chi connectivity index (χ4v) is 4.49. The van der Waals surface area contributed by atoms with Crippen LogP contribution in [0, 0.1) is 5.41 Å². The first-order chi connectivity index (χ1) is 13.6.